The van der Waals surface area contributed by atoms with Gasteiger partial charge in [0.15, 0.2) is 0 Å². The van der Waals surface area contributed by atoms with Gasteiger partial charge in [0, 0.05) is 0 Å². The molecular weight excluding hydrogens is 124 g/mol. The van der Waals surface area contributed by atoms with Crippen molar-refractivity contribution in [2.45, 2.75) is 6.92 Å². The quantitative estimate of drug-likeness (QED) is 0.518. The van der Waals surface area contributed by atoms with Gasteiger partial charge in [-0.2, -0.15) is 0 Å². The zero-order valence-electron chi connectivity index (χ0n) is 5.00. The van der Waals surface area contributed by atoms with Crippen LogP contribution >= 0.6 is 0 Å². The van der Waals surface area contributed by atoms with E-state index in [1.165, 1.54) is 0 Å². The van der Waals surface area contributed by atoms with E-state index in [1.54, 1.807) is 0 Å². The molecule has 52 valence electrons. The monoisotopic (exact) mass is 132 g/mol. The maximum Gasteiger partial charge on any atom is 0.503 e. The summed E-state index contributed by atoms with van der Waals surface area (Å²) in [6, 6.07) is 0. The summed E-state index contributed by atoms with van der Waals surface area (Å²) in [4.78, 5) is 8.56. The maximum atomic E-state index is 8.56. The molecule has 0 heterocycles. The summed E-state index contributed by atoms with van der Waals surface area (Å²) in [6.07, 6.45) is 4.85. The highest BCUT2D eigenvalue weighted by Crippen LogP contribution is 1.58. The first-order valence-electron chi connectivity index (χ1n) is 2.14. The molecular formula is C5H8O4. The summed E-state index contributed by atoms with van der Waals surface area (Å²) in [5.41, 5.74) is 0. The molecule has 0 fully saturated rings. The highest BCUT2D eigenvalue weighted by molar-refractivity contribution is 5.53. The van der Waals surface area contributed by atoms with Crippen molar-refractivity contribution in [3.05, 3.63) is 0 Å². The predicted molar refractivity (Wildman–Crippen MR) is 31.1 cm³/mol. The summed E-state index contributed by atoms with van der Waals surface area (Å²) < 4.78 is 4.36. The Hall–Kier alpha value is -1.37. The third-order valence-corrected chi connectivity index (χ3v) is 0.228. The molecule has 0 saturated heterocycles. The first-order valence-corrected chi connectivity index (χ1v) is 2.14. The average Bonchev–Trinajstić information content (AvgIpc) is 1.66. The zero-order chi connectivity index (χ0) is 7.70. The number of carboxylic acid groups (broad SMARTS) is 2. The Labute approximate surface area is 53.1 Å². The lowest BCUT2D eigenvalue weighted by molar-refractivity contribution is 0.137. The van der Waals surface area contributed by atoms with Crippen LogP contribution in [-0.4, -0.2) is 23.0 Å². The van der Waals surface area contributed by atoms with Gasteiger partial charge in [-0.25, -0.2) is 4.79 Å². The molecule has 9 heavy (non-hydrogen) atoms. The van der Waals surface area contributed by atoms with E-state index >= 15 is 0 Å². The Bertz CT molecular complexity index is 98.0. The molecule has 0 radical (unpaired) electrons. The Morgan fingerprint density at radius 2 is 2.11 bits per heavy atom. The maximum absolute atomic E-state index is 8.56. The number of rotatable bonds is 1. The van der Waals surface area contributed by atoms with Gasteiger partial charge in [-0.1, -0.05) is 6.42 Å². The molecule has 0 aromatic heterocycles. The van der Waals surface area contributed by atoms with Crippen LogP contribution in [0.1, 0.15) is 6.92 Å². The van der Waals surface area contributed by atoms with Crippen molar-refractivity contribution in [3.63, 3.8) is 0 Å². The van der Waals surface area contributed by atoms with Crippen LogP contribution in [0.25, 0.3) is 0 Å². The van der Waals surface area contributed by atoms with Crippen molar-refractivity contribution in [2.75, 3.05) is 6.61 Å². The molecule has 0 rings (SSSR count). The second-order valence-corrected chi connectivity index (χ2v) is 0.833. The molecule has 0 aliphatic heterocycles. The van der Waals surface area contributed by atoms with Gasteiger partial charge in [0.25, 0.3) is 0 Å². The number of hydrogen-bond acceptors (Lipinski definition) is 2. The van der Waals surface area contributed by atoms with E-state index in [-0.39, 0.29) is 0 Å². The van der Waals surface area contributed by atoms with Crippen molar-refractivity contribution >= 4 is 6.16 Å². The molecule has 2 N–H and O–H groups in total. The summed E-state index contributed by atoms with van der Waals surface area (Å²) in [5, 5.41) is 13.9. The Balaban J connectivity index is 0. The number of terminal acetylenes is 1. The molecule has 0 aliphatic carbocycles. The van der Waals surface area contributed by atoms with Crippen LogP contribution < -0.4 is 0 Å². The van der Waals surface area contributed by atoms with E-state index in [0.717, 1.165) is 0 Å². The minimum atomic E-state index is -1.83. The summed E-state index contributed by atoms with van der Waals surface area (Å²) >= 11 is 0. The summed E-state index contributed by atoms with van der Waals surface area (Å²) in [6.45, 7) is 2.45. The molecule has 0 aromatic rings. The van der Waals surface area contributed by atoms with E-state index in [9.17, 15) is 0 Å². The lowest BCUT2D eigenvalue weighted by Gasteiger charge is -1.79. The van der Waals surface area contributed by atoms with Crippen molar-refractivity contribution in [2.24, 2.45) is 0 Å². The van der Waals surface area contributed by atoms with E-state index in [2.05, 4.69) is 11.2 Å². The minimum absolute atomic E-state index is 0.608. The zero-order valence-corrected chi connectivity index (χ0v) is 5.00. The second-order valence-electron chi connectivity index (χ2n) is 0.833. The van der Waals surface area contributed by atoms with E-state index in [1.807, 2.05) is 13.0 Å². The van der Waals surface area contributed by atoms with Gasteiger partial charge < -0.3 is 14.9 Å². The van der Waals surface area contributed by atoms with Crippen LogP contribution in [0.4, 0.5) is 4.79 Å². The van der Waals surface area contributed by atoms with Crippen LogP contribution in [0.5, 0.6) is 0 Å². The van der Waals surface area contributed by atoms with Gasteiger partial charge in [-0.3, -0.25) is 0 Å². The minimum Gasteiger partial charge on any atom is -0.450 e. The smallest absolute Gasteiger partial charge is 0.450 e. The van der Waals surface area contributed by atoms with E-state index in [4.69, 9.17) is 15.0 Å². The SMILES string of the molecule is C#COCC.O=C(O)O. The number of carbonyl (C=O) groups is 1. The van der Waals surface area contributed by atoms with Gasteiger partial charge in [0.1, 0.15) is 6.11 Å². The van der Waals surface area contributed by atoms with Crippen LogP contribution in [0, 0.1) is 12.5 Å². The van der Waals surface area contributed by atoms with Gasteiger partial charge in [0.05, 0.1) is 6.61 Å². The predicted octanol–water partition coefficient (Wildman–Crippen LogP) is 0.836. The van der Waals surface area contributed by atoms with Gasteiger partial charge in [0.2, 0.25) is 0 Å². The molecule has 0 aliphatic rings. The lowest BCUT2D eigenvalue weighted by Crippen LogP contribution is -1.81. The topological polar surface area (TPSA) is 66.8 Å². The number of ether oxygens (including phenoxy) is 1. The number of hydrogen-bond donors (Lipinski definition) is 2. The largest absolute Gasteiger partial charge is 0.503 e. The molecule has 0 aromatic carbocycles. The van der Waals surface area contributed by atoms with Crippen molar-refractivity contribution in [1.29, 1.82) is 0 Å². The van der Waals surface area contributed by atoms with Crippen LogP contribution in [-0.2, 0) is 4.74 Å². The van der Waals surface area contributed by atoms with Gasteiger partial charge >= 0.3 is 6.16 Å². The highest BCUT2D eigenvalue weighted by Gasteiger charge is 1.70. The average molecular weight is 132 g/mol. The second kappa shape index (κ2) is 9.80. The Morgan fingerprint density at radius 1 is 1.78 bits per heavy atom. The van der Waals surface area contributed by atoms with E-state index < -0.39 is 6.16 Å². The fourth-order valence-electron chi connectivity index (χ4n) is 0.0833. The van der Waals surface area contributed by atoms with Crippen LogP contribution in [0.15, 0.2) is 0 Å². The van der Waals surface area contributed by atoms with Gasteiger partial charge in [-0.15, -0.1) is 0 Å². The first kappa shape index (κ1) is 10.6. The molecule has 0 saturated carbocycles. The molecule has 0 atom stereocenters. The van der Waals surface area contributed by atoms with Gasteiger partial charge in [-0.05, 0) is 6.92 Å². The fourth-order valence-corrected chi connectivity index (χ4v) is 0.0833. The molecule has 0 spiro atoms. The summed E-state index contributed by atoms with van der Waals surface area (Å²) in [7, 11) is 0. The normalized spacial score (nSPS) is 5.78. The Kier molecular flexibility index (Phi) is 11.5. The van der Waals surface area contributed by atoms with Crippen LogP contribution in [0.2, 0.25) is 0 Å². The van der Waals surface area contributed by atoms with Crippen molar-refractivity contribution < 1.29 is 19.7 Å². The molecule has 0 unspecified atom stereocenters. The molecule has 4 heteroatoms. The van der Waals surface area contributed by atoms with Crippen molar-refractivity contribution in [1.82, 2.24) is 0 Å². The molecule has 0 amide bonds. The van der Waals surface area contributed by atoms with E-state index in [0.29, 0.717) is 6.61 Å². The van der Waals surface area contributed by atoms with Crippen molar-refractivity contribution in [3.8, 4) is 12.5 Å². The lowest BCUT2D eigenvalue weighted by atomic mass is 10.9. The third kappa shape index (κ3) is 358. The van der Waals surface area contributed by atoms with Crippen LogP contribution in [0.3, 0.4) is 0 Å². The third-order valence-electron chi connectivity index (χ3n) is 0.228. The first-order chi connectivity index (χ1) is 4.15. The Morgan fingerprint density at radius 3 is 2.11 bits per heavy atom. The summed E-state index contributed by atoms with van der Waals surface area (Å²) in [5.74, 6) is 0. The molecule has 4 nitrogen and oxygen atoms in total. The highest BCUT2D eigenvalue weighted by atomic mass is 16.6. The fraction of sp³-hybridized carbons (Fsp3) is 0.400. The standard InChI is InChI=1S/C4H6O.CH2O3/c1-3-5-4-2;2-1(3)4/h1H,4H2,2H3;(H2,2,3,4). The molecule has 0 bridgehead atoms.